The number of hydrogen-bond acceptors (Lipinski definition) is 2. The van der Waals surface area contributed by atoms with E-state index < -0.39 is 0 Å². The maximum atomic E-state index is 11.9. The lowest BCUT2D eigenvalue weighted by molar-refractivity contribution is -0.122. The van der Waals surface area contributed by atoms with Crippen molar-refractivity contribution in [1.82, 2.24) is 10.6 Å². The van der Waals surface area contributed by atoms with E-state index in [2.05, 4.69) is 38.3 Å². The molecule has 1 saturated carbocycles. The Kier molecular flexibility index (Phi) is 8.67. The summed E-state index contributed by atoms with van der Waals surface area (Å²) in [6, 6.07) is 0. The fraction of sp³-hybridized carbons (Fsp3) is 0.933. The van der Waals surface area contributed by atoms with E-state index in [4.69, 9.17) is 0 Å². The van der Waals surface area contributed by atoms with Crippen LogP contribution in [-0.2, 0) is 4.79 Å². The maximum absolute atomic E-state index is 11.9. The van der Waals surface area contributed by atoms with E-state index in [1.165, 1.54) is 19.3 Å². The Labute approximate surface area is 124 Å². The van der Waals surface area contributed by atoms with Crippen molar-refractivity contribution in [1.29, 1.82) is 0 Å². The summed E-state index contributed by atoms with van der Waals surface area (Å²) < 4.78 is 0. The molecule has 1 aliphatic rings. The molecule has 0 aliphatic heterocycles. The summed E-state index contributed by atoms with van der Waals surface area (Å²) in [6.45, 7) is 11.6. The standard InChI is InChI=1S/C15H30N2O.ClH/c1-5-16-6-7-17-14(18)9-13-8-12(2)10-15(3,4)11-13;/h12-13,16H,5-11H2,1-4H3,(H,17,18);1H. The van der Waals surface area contributed by atoms with Crippen LogP contribution in [0.5, 0.6) is 0 Å². The SMILES string of the molecule is CCNCCNC(=O)CC1CC(C)CC(C)(C)C1.Cl. The van der Waals surface area contributed by atoms with Gasteiger partial charge in [-0.3, -0.25) is 4.79 Å². The Morgan fingerprint density at radius 2 is 1.95 bits per heavy atom. The van der Waals surface area contributed by atoms with Crippen molar-refractivity contribution in [2.24, 2.45) is 17.3 Å². The summed E-state index contributed by atoms with van der Waals surface area (Å²) in [5.41, 5.74) is 0.409. The van der Waals surface area contributed by atoms with E-state index in [0.717, 1.165) is 25.6 Å². The number of carbonyl (C=O) groups is 1. The Morgan fingerprint density at radius 3 is 2.53 bits per heavy atom. The molecular formula is C15H31ClN2O. The van der Waals surface area contributed by atoms with Gasteiger partial charge in [0.25, 0.3) is 0 Å². The van der Waals surface area contributed by atoms with Gasteiger partial charge in [-0.25, -0.2) is 0 Å². The molecule has 3 nitrogen and oxygen atoms in total. The minimum absolute atomic E-state index is 0. The molecule has 0 aromatic heterocycles. The van der Waals surface area contributed by atoms with Gasteiger partial charge in [0.1, 0.15) is 0 Å². The van der Waals surface area contributed by atoms with Gasteiger partial charge in [-0.15, -0.1) is 12.4 Å². The van der Waals surface area contributed by atoms with Crippen LogP contribution in [0.1, 0.15) is 53.4 Å². The van der Waals surface area contributed by atoms with Crippen molar-refractivity contribution in [2.45, 2.75) is 53.4 Å². The van der Waals surface area contributed by atoms with Gasteiger partial charge in [-0.05, 0) is 43.1 Å². The molecule has 1 aliphatic carbocycles. The number of carbonyl (C=O) groups excluding carboxylic acids is 1. The molecule has 2 N–H and O–H groups in total. The Balaban J connectivity index is 0.00000324. The van der Waals surface area contributed by atoms with Crippen LogP contribution in [0.3, 0.4) is 0 Å². The highest BCUT2D eigenvalue weighted by Gasteiger charge is 2.32. The molecule has 1 fully saturated rings. The van der Waals surface area contributed by atoms with Crippen LogP contribution in [0.25, 0.3) is 0 Å². The minimum atomic E-state index is 0. The molecule has 1 amide bonds. The summed E-state index contributed by atoms with van der Waals surface area (Å²) in [5.74, 6) is 1.55. The van der Waals surface area contributed by atoms with Crippen molar-refractivity contribution in [3.8, 4) is 0 Å². The van der Waals surface area contributed by atoms with Gasteiger partial charge in [-0.2, -0.15) is 0 Å². The fourth-order valence-electron chi connectivity index (χ4n) is 3.50. The van der Waals surface area contributed by atoms with Crippen molar-refractivity contribution in [3.05, 3.63) is 0 Å². The molecule has 2 unspecified atom stereocenters. The zero-order valence-electron chi connectivity index (χ0n) is 12.9. The predicted octanol–water partition coefficient (Wildman–Crippen LogP) is 2.99. The quantitative estimate of drug-likeness (QED) is 0.739. The van der Waals surface area contributed by atoms with Gasteiger partial charge < -0.3 is 10.6 Å². The number of likely N-dealkylation sites (N-methyl/N-ethyl adjacent to an activating group) is 1. The second-order valence-corrected chi connectivity index (χ2v) is 6.69. The lowest BCUT2D eigenvalue weighted by Crippen LogP contribution is -2.35. The summed E-state index contributed by atoms with van der Waals surface area (Å²) >= 11 is 0. The largest absolute Gasteiger partial charge is 0.355 e. The second-order valence-electron chi connectivity index (χ2n) is 6.69. The van der Waals surface area contributed by atoms with Crippen molar-refractivity contribution in [2.75, 3.05) is 19.6 Å². The summed E-state index contributed by atoms with van der Waals surface area (Å²) in [6.07, 6.45) is 4.41. The zero-order chi connectivity index (χ0) is 13.6. The van der Waals surface area contributed by atoms with Crippen molar-refractivity contribution in [3.63, 3.8) is 0 Å². The highest BCUT2D eigenvalue weighted by atomic mass is 35.5. The van der Waals surface area contributed by atoms with Gasteiger partial charge in [0.2, 0.25) is 5.91 Å². The molecule has 0 spiro atoms. The topological polar surface area (TPSA) is 41.1 Å². The van der Waals surface area contributed by atoms with Crippen LogP contribution in [0.15, 0.2) is 0 Å². The third-order valence-electron chi connectivity index (χ3n) is 3.83. The summed E-state index contributed by atoms with van der Waals surface area (Å²) in [5, 5.41) is 6.22. The Hall–Kier alpha value is -0.280. The Morgan fingerprint density at radius 1 is 1.26 bits per heavy atom. The smallest absolute Gasteiger partial charge is 0.220 e. The van der Waals surface area contributed by atoms with Crippen molar-refractivity contribution >= 4 is 18.3 Å². The molecule has 0 saturated heterocycles. The molecule has 0 aromatic carbocycles. The monoisotopic (exact) mass is 290 g/mol. The van der Waals surface area contributed by atoms with Gasteiger partial charge in [0.15, 0.2) is 0 Å². The van der Waals surface area contributed by atoms with Crippen LogP contribution in [0.2, 0.25) is 0 Å². The van der Waals surface area contributed by atoms with Gasteiger partial charge >= 0.3 is 0 Å². The number of hydrogen-bond donors (Lipinski definition) is 2. The molecule has 0 bridgehead atoms. The molecule has 0 radical (unpaired) electrons. The minimum Gasteiger partial charge on any atom is -0.355 e. The first-order valence-corrected chi connectivity index (χ1v) is 7.40. The Bertz CT molecular complexity index is 269. The van der Waals surface area contributed by atoms with Gasteiger partial charge in [-0.1, -0.05) is 27.7 Å². The van der Waals surface area contributed by atoms with Crippen LogP contribution in [0, 0.1) is 17.3 Å². The van der Waals surface area contributed by atoms with E-state index in [1.54, 1.807) is 0 Å². The van der Waals surface area contributed by atoms with Gasteiger partial charge in [0, 0.05) is 19.5 Å². The van der Waals surface area contributed by atoms with E-state index in [1.807, 2.05) is 0 Å². The molecule has 1 rings (SSSR count). The third-order valence-corrected chi connectivity index (χ3v) is 3.83. The average molecular weight is 291 g/mol. The summed E-state index contributed by atoms with van der Waals surface area (Å²) in [4.78, 5) is 11.9. The molecule has 0 heterocycles. The van der Waals surface area contributed by atoms with E-state index in [0.29, 0.717) is 17.8 Å². The van der Waals surface area contributed by atoms with E-state index in [9.17, 15) is 4.79 Å². The number of amides is 1. The zero-order valence-corrected chi connectivity index (χ0v) is 13.7. The number of rotatable bonds is 6. The third kappa shape index (κ3) is 7.78. The average Bonchev–Trinajstić information content (AvgIpc) is 2.21. The highest BCUT2D eigenvalue weighted by molar-refractivity contribution is 5.85. The normalized spacial score (nSPS) is 25.5. The predicted molar refractivity (Wildman–Crippen MR) is 83.7 cm³/mol. The van der Waals surface area contributed by atoms with Gasteiger partial charge in [0.05, 0.1) is 0 Å². The van der Waals surface area contributed by atoms with Crippen LogP contribution >= 0.6 is 12.4 Å². The molecular weight excluding hydrogens is 260 g/mol. The first-order chi connectivity index (χ1) is 8.43. The molecule has 4 heteroatoms. The molecule has 19 heavy (non-hydrogen) atoms. The van der Waals surface area contributed by atoms with Crippen molar-refractivity contribution < 1.29 is 4.79 Å². The maximum Gasteiger partial charge on any atom is 0.220 e. The van der Waals surface area contributed by atoms with E-state index in [-0.39, 0.29) is 18.3 Å². The van der Waals surface area contributed by atoms with E-state index >= 15 is 0 Å². The molecule has 2 atom stereocenters. The number of nitrogens with one attached hydrogen (secondary N) is 2. The fourth-order valence-corrected chi connectivity index (χ4v) is 3.50. The van der Waals surface area contributed by atoms with Crippen LogP contribution in [0.4, 0.5) is 0 Å². The van der Waals surface area contributed by atoms with Crippen LogP contribution in [-0.4, -0.2) is 25.5 Å². The highest BCUT2D eigenvalue weighted by Crippen LogP contribution is 2.42. The van der Waals surface area contributed by atoms with Crippen LogP contribution < -0.4 is 10.6 Å². The molecule has 114 valence electrons. The number of halogens is 1. The second kappa shape index (κ2) is 8.80. The first kappa shape index (κ1) is 18.7. The first-order valence-electron chi connectivity index (χ1n) is 7.40. The lowest BCUT2D eigenvalue weighted by atomic mass is 9.67. The summed E-state index contributed by atoms with van der Waals surface area (Å²) in [7, 11) is 0. The molecule has 0 aromatic rings. The lowest BCUT2D eigenvalue weighted by Gasteiger charge is -2.38.